The van der Waals surface area contributed by atoms with Crippen molar-refractivity contribution in [1.29, 1.82) is 5.26 Å². The Morgan fingerprint density at radius 3 is 2.36 bits per heavy atom. The van der Waals surface area contributed by atoms with Crippen LogP contribution in [0, 0.1) is 17.2 Å². The van der Waals surface area contributed by atoms with Crippen molar-refractivity contribution in [3.8, 4) is 6.07 Å². The quantitative estimate of drug-likeness (QED) is 0.537. The van der Waals surface area contributed by atoms with Gasteiger partial charge in [0.05, 0.1) is 22.9 Å². The molecule has 1 fully saturated rings. The summed E-state index contributed by atoms with van der Waals surface area (Å²) in [4.78, 5) is 32.6. The smallest absolute Gasteiger partial charge is 0.327 e. The molecule has 2 aromatic rings. The number of benzene rings is 2. The number of amides is 1. The van der Waals surface area contributed by atoms with Crippen LogP contribution in [0.2, 0.25) is 0 Å². The Balaban J connectivity index is 1.32. The Morgan fingerprint density at radius 1 is 1.06 bits per heavy atom. The highest BCUT2D eigenvalue weighted by Gasteiger charge is 2.22. The van der Waals surface area contributed by atoms with Gasteiger partial charge in [-0.1, -0.05) is 18.2 Å². The summed E-state index contributed by atoms with van der Waals surface area (Å²) in [6.07, 6.45) is 1.96. The number of sulfonamides is 1. The Hall–Kier alpha value is -3.42. The van der Waals surface area contributed by atoms with Crippen LogP contribution in [0.4, 0.5) is 5.69 Å². The summed E-state index contributed by atoms with van der Waals surface area (Å²) in [6.45, 7) is 1.73. The number of nitrogens with zero attached hydrogens (tertiary/aromatic N) is 2. The van der Waals surface area contributed by atoms with E-state index in [2.05, 4.69) is 21.1 Å². The van der Waals surface area contributed by atoms with Crippen molar-refractivity contribution in [3.63, 3.8) is 0 Å². The zero-order valence-corrected chi connectivity index (χ0v) is 18.9. The lowest BCUT2D eigenvalue weighted by molar-refractivity contribution is -0.147. The lowest BCUT2D eigenvalue weighted by Gasteiger charge is -2.33. The zero-order chi connectivity index (χ0) is 23.7. The topological polar surface area (TPSA) is 129 Å². The molecule has 1 amide bonds. The standard InChI is InChI=1S/C23H26N4O5S/c24-17-19-6-8-20(9-7-19)27-14-11-18(12-15-27)16-22(28)25-13-10-23(29)32-26-33(30,31)21-4-2-1-3-5-21/h1-9,18,26H,10-16H2,(H,25,28). The highest BCUT2D eigenvalue weighted by Crippen LogP contribution is 2.25. The number of anilines is 1. The van der Waals surface area contributed by atoms with E-state index in [1.807, 2.05) is 12.1 Å². The minimum Gasteiger partial charge on any atom is -0.372 e. The molecule has 0 radical (unpaired) electrons. The molecule has 0 aromatic heterocycles. The molecule has 3 rings (SSSR count). The average Bonchev–Trinajstić information content (AvgIpc) is 2.84. The summed E-state index contributed by atoms with van der Waals surface area (Å²) in [5.74, 6) is -0.681. The van der Waals surface area contributed by atoms with Gasteiger partial charge in [0.25, 0.3) is 10.0 Å². The maximum atomic E-state index is 12.2. The van der Waals surface area contributed by atoms with E-state index >= 15 is 0 Å². The first-order chi connectivity index (χ1) is 15.9. The van der Waals surface area contributed by atoms with Crippen molar-refractivity contribution in [2.75, 3.05) is 24.5 Å². The number of piperidine rings is 1. The molecular formula is C23H26N4O5S. The van der Waals surface area contributed by atoms with Gasteiger partial charge in [0.1, 0.15) is 0 Å². The van der Waals surface area contributed by atoms with Gasteiger partial charge in [-0.15, -0.1) is 0 Å². The van der Waals surface area contributed by atoms with E-state index in [0.29, 0.717) is 12.0 Å². The highest BCUT2D eigenvalue weighted by atomic mass is 32.2. The molecule has 9 nitrogen and oxygen atoms in total. The van der Waals surface area contributed by atoms with Gasteiger partial charge in [-0.2, -0.15) is 5.26 Å². The summed E-state index contributed by atoms with van der Waals surface area (Å²) < 4.78 is 24.0. The molecule has 0 unspecified atom stereocenters. The Morgan fingerprint density at radius 2 is 1.73 bits per heavy atom. The summed E-state index contributed by atoms with van der Waals surface area (Å²) >= 11 is 0. The van der Waals surface area contributed by atoms with E-state index in [9.17, 15) is 18.0 Å². The van der Waals surface area contributed by atoms with E-state index in [1.54, 1.807) is 35.2 Å². The van der Waals surface area contributed by atoms with E-state index in [4.69, 9.17) is 5.26 Å². The average molecular weight is 471 g/mol. The van der Waals surface area contributed by atoms with E-state index in [0.717, 1.165) is 31.6 Å². The first-order valence-corrected chi connectivity index (χ1v) is 12.1. The second kappa shape index (κ2) is 11.4. The largest absolute Gasteiger partial charge is 0.372 e. The monoisotopic (exact) mass is 470 g/mol. The van der Waals surface area contributed by atoms with Crippen molar-refractivity contribution in [2.24, 2.45) is 5.92 Å². The third kappa shape index (κ3) is 7.30. The van der Waals surface area contributed by atoms with Gasteiger partial charge in [0, 0.05) is 31.7 Å². The Labute approximate surface area is 193 Å². The first kappa shape index (κ1) is 24.2. The molecule has 0 spiro atoms. The zero-order valence-electron chi connectivity index (χ0n) is 18.1. The predicted molar refractivity (Wildman–Crippen MR) is 121 cm³/mol. The molecule has 174 valence electrons. The molecule has 33 heavy (non-hydrogen) atoms. The van der Waals surface area contributed by atoms with Crippen LogP contribution in [0.15, 0.2) is 59.5 Å². The summed E-state index contributed by atoms with van der Waals surface area (Å²) in [7, 11) is -3.94. The Kier molecular flexibility index (Phi) is 8.40. The fourth-order valence-electron chi connectivity index (χ4n) is 3.58. The molecule has 2 aromatic carbocycles. The van der Waals surface area contributed by atoms with Gasteiger partial charge in [0.2, 0.25) is 5.91 Å². The van der Waals surface area contributed by atoms with Crippen LogP contribution in [0.25, 0.3) is 0 Å². The lowest BCUT2D eigenvalue weighted by Crippen LogP contribution is -2.36. The van der Waals surface area contributed by atoms with Crippen molar-refractivity contribution in [1.82, 2.24) is 10.2 Å². The molecule has 0 atom stereocenters. The normalized spacial score (nSPS) is 14.3. The number of carbonyl (C=O) groups is 2. The van der Waals surface area contributed by atoms with Crippen LogP contribution in [0.1, 0.15) is 31.2 Å². The number of carbonyl (C=O) groups excluding carboxylic acids is 2. The van der Waals surface area contributed by atoms with Gasteiger partial charge in [-0.05, 0) is 60.0 Å². The molecule has 1 aliphatic heterocycles. The number of hydrogen-bond acceptors (Lipinski definition) is 7. The van der Waals surface area contributed by atoms with Gasteiger partial charge < -0.3 is 15.1 Å². The fraction of sp³-hybridized carbons (Fsp3) is 0.348. The van der Waals surface area contributed by atoms with E-state index in [-0.39, 0.29) is 29.7 Å². The van der Waals surface area contributed by atoms with Gasteiger partial charge in [0.15, 0.2) is 0 Å². The van der Waals surface area contributed by atoms with Crippen LogP contribution >= 0.6 is 0 Å². The second-order valence-corrected chi connectivity index (χ2v) is 9.41. The molecule has 1 saturated heterocycles. The lowest BCUT2D eigenvalue weighted by atomic mass is 9.93. The third-order valence-corrected chi connectivity index (χ3v) is 6.62. The van der Waals surface area contributed by atoms with E-state index < -0.39 is 16.0 Å². The van der Waals surface area contributed by atoms with Crippen LogP contribution in [0.5, 0.6) is 0 Å². The molecule has 10 heteroatoms. The van der Waals surface area contributed by atoms with Gasteiger partial charge in [-0.3, -0.25) is 9.59 Å². The molecule has 1 aliphatic rings. The van der Waals surface area contributed by atoms with Crippen LogP contribution < -0.4 is 15.1 Å². The molecule has 2 N–H and O–H groups in total. The molecule has 0 bridgehead atoms. The number of nitriles is 1. The summed E-state index contributed by atoms with van der Waals surface area (Å²) in [5.41, 5.74) is 1.70. The van der Waals surface area contributed by atoms with Crippen molar-refractivity contribution >= 4 is 27.6 Å². The maximum Gasteiger partial charge on any atom is 0.327 e. The second-order valence-electron chi connectivity index (χ2n) is 7.77. The van der Waals surface area contributed by atoms with Crippen molar-refractivity contribution < 1.29 is 22.8 Å². The van der Waals surface area contributed by atoms with Crippen LogP contribution in [0.3, 0.4) is 0 Å². The summed E-state index contributed by atoms with van der Waals surface area (Å²) in [6, 6.07) is 17.1. The van der Waals surface area contributed by atoms with Crippen molar-refractivity contribution in [2.45, 2.75) is 30.6 Å². The molecule has 1 heterocycles. The molecule has 0 aliphatic carbocycles. The summed E-state index contributed by atoms with van der Waals surface area (Å²) in [5, 5.41) is 11.6. The molecular weight excluding hydrogens is 444 g/mol. The predicted octanol–water partition coefficient (Wildman–Crippen LogP) is 2.11. The maximum absolute atomic E-state index is 12.2. The molecule has 0 saturated carbocycles. The van der Waals surface area contributed by atoms with Gasteiger partial charge in [-0.25, -0.2) is 8.42 Å². The number of nitrogens with one attached hydrogen (secondary N) is 2. The number of hydrogen-bond donors (Lipinski definition) is 2. The Bertz CT molecular complexity index is 1090. The van der Waals surface area contributed by atoms with E-state index in [1.165, 1.54) is 12.1 Å². The first-order valence-electron chi connectivity index (χ1n) is 10.7. The third-order valence-electron chi connectivity index (χ3n) is 5.42. The number of rotatable bonds is 9. The highest BCUT2D eigenvalue weighted by molar-refractivity contribution is 7.89. The van der Waals surface area contributed by atoms with Crippen LogP contribution in [-0.4, -0.2) is 39.9 Å². The van der Waals surface area contributed by atoms with Gasteiger partial charge >= 0.3 is 5.97 Å². The minimum absolute atomic E-state index is 0.0173. The minimum atomic E-state index is -3.94. The fourth-order valence-corrected chi connectivity index (χ4v) is 4.39. The van der Waals surface area contributed by atoms with Crippen LogP contribution in [-0.2, 0) is 24.4 Å². The van der Waals surface area contributed by atoms with Crippen molar-refractivity contribution in [3.05, 3.63) is 60.2 Å². The SMILES string of the molecule is N#Cc1ccc(N2CCC(CC(=O)NCCC(=O)ONS(=O)(=O)c3ccccc3)CC2)cc1.